The normalized spacial score (nSPS) is 15.5. The molecule has 0 unspecified atom stereocenters. The van der Waals surface area contributed by atoms with Crippen LogP contribution in [0.3, 0.4) is 0 Å². The lowest BCUT2D eigenvalue weighted by atomic mass is 9.88. The SMILES string of the molecule is CC(=N)c1cc(C2CCN(C(=O)OC(C)(C)C)CC2)ccc1NC(=O)OC(C)(C)C. The van der Waals surface area contributed by atoms with E-state index in [1.165, 1.54) is 0 Å². The maximum atomic E-state index is 12.3. The van der Waals surface area contributed by atoms with Crippen LogP contribution in [0, 0.1) is 5.41 Å². The van der Waals surface area contributed by atoms with E-state index in [0.29, 0.717) is 30.1 Å². The highest BCUT2D eigenvalue weighted by atomic mass is 16.6. The minimum Gasteiger partial charge on any atom is -0.444 e. The fourth-order valence-corrected chi connectivity index (χ4v) is 3.37. The van der Waals surface area contributed by atoms with Crippen molar-refractivity contribution in [3.8, 4) is 0 Å². The highest BCUT2D eigenvalue weighted by molar-refractivity contribution is 6.04. The molecule has 2 N–H and O–H groups in total. The molecule has 2 rings (SSSR count). The molecule has 1 aromatic rings. The Labute approximate surface area is 179 Å². The molecule has 1 saturated heterocycles. The molecule has 0 atom stereocenters. The third kappa shape index (κ3) is 7.04. The van der Waals surface area contributed by atoms with Crippen LogP contribution in [0.5, 0.6) is 0 Å². The minimum atomic E-state index is -0.591. The standard InChI is InChI=1S/C23H35N3O4/c1-15(24)18-14-17(8-9-19(18)25-20(27)29-22(2,3)4)16-10-12-26(13-11-16)21(28)30-23(5,6)7/h8-9,14,16,24H,10-13H2,1-7H3,(H,25,27). The van der Waals surface area contributed by atoms with E-state index in [1.54, 1.807) is 11.8 Å². The van der Waals surface area contributed by atoms with E-state index in [-0.39, 0.29) is 12.0 Å². The second-order valence-corrected chi connectivity index (χ2v) is 9.80. The number of hydrogen-bond donors (Lipinski definition) is 2. The Hall–Kier alpha value is -2.57. The van der Waals surface area contributed by atoms with Gasteiger partial charge in [0.15, 0.2) is 0 Å². The molecule has 0 aliphatic carbocycles. The number of nitrogens with one attached hydrogen (secondary N) is 2. The largest absolute Gasteiger partial charge is 0.444 e. The number of likely N-dealkylation sites (tertiary alicyclic amines) is 1. The summed E-state index contributed by atoms with van der Waals surface area (Å²) in [5.41, 5.74) is 1.62. The number of rotatable bonds is 3. The number of hydrogen-bond acceptors (Lipinski definition) is 5. The van der Waals surface area contributed by atoms with Gasteiger partial charge in [0.2, 0.25) is 0 Å². The predicted molar refractivity (Wildman–Crippen MR) is 119 cm³/mol. The van der Waals surface area contributed by atoms with Gasteiger partial charge in [-0.1, -0.05) is 6.07 Å². The van der Waals surface area contributed by atoms with Crippen molar-refractivity contribution in [3.05, 3.63) is 29.3 Å². The smallest absolute Gasteiger partial charge is 0.412 e. The Kier molecular flexibility index (Phi) is 7.16. The lowest BCUT2D eigenvalue weighted by Crippen LogP contribution is -2.41. The summed E-state index contributed by atoms with van der Waals surface area (Å²) in [4.78, 5) is 26.2. The van der Waals surface area contributed by atoms with E-state index in [2.05, 4.69) is 5.32 Å². The Bertz CT molecular complexity index is 798. The number of carbonyl (C=O) groups is 2. The van der Waals surface area contributed by atoms with E-state index in [4.69, 9.17) is 14.9 Å². The van der Waals surface area contributed by atoms with E-state index in [0.717, 1.165) is 18.4 Å². The van der Waals surface area contributed by atoms with Gasteiger partial charge < -0.3 is 19.8 Å². The first kappa shape index (κ1) is 23.7. The molecule has 166 valence electrons. The van der Waals surface area contributed by atoms with Gasteiger partial charge in [0, 0.05) is 24.4 Å². The summed E-state index contributed by atoms with van der Waals surface area (Å²) in [6.45, 7) is 14.0. The highest BCUT2D eigenvalue weighted by Gasteiger charge is 2.28. The molecule has 0 saturated carbocycles. The fraction of sp³-hybridized carbons (Fsp3) is 0.609. The van der Waals surface area contributed by atoms with Gasteiger partial charge in [0.25, 0.3) is 0 Å². The molecule has 0 spiro atoms. The molecule has 7 heteroatoms. The average Bonchev–Trinajstić information content (AvgIpc) is 2.59. The van der Waals surface area contributed by atoms with Gasteiger partial charge in [-0.05, 0) is 84.9 Å². The quantitative estimate of drug-likeness (QED) is 0.632. The van der Waals surface area contributed by atoms with E-state index in [9.17, 15) is 9.59 Å². The van der Waals surface area contributed by atoms with Gasteiger partial charge in [-0.2, -0.15) is 0 Å². The molecule has 1 fully saturated rings. The topological polar surface area (TPSA) is 91.7 Å². The van der Waals surface area contributed by atoms with Gasteiger partial charge in [0.1, 0.15) is 11.2 Å². The van der Waals surface area contributed by atoms with Crippen molar-refractivity contribution >= 4 is 23.6 Å². The zero-order chi connectivity index (χ0) is 22.7. The zero-order valence-corrected chi connectivity index (χ0v) is 19.2. The molecule has 7 nitrogen and oxygen atoms in total. The summed E-state index contributed by atoms with van der Waals surface area (Å²) in [7, 11) is 0. The molecule has 30 heavy (non-hydrogen) atoms. The number of ether oxygens (including phenoxy) is 2. The average molecular weight is 418 g/mol. The predicted octanol–water partition coefficient (Wildman–Crippen LogP) is 5.54. The van der Waals surface area contributed by atoms with Gasteiger partial charge in [-0.25, -0.2) is 9.59 Å². The van der Waals surface area contributed by atoms with Crippen LogP contribution in [-0.4, -0.2) is 47.1 Å². The highest BCUT2D eigenvalue weighted by Crippen LogP contribution is 2.31. The second-order valence-electron chi connectivity index (χ2n) is 9.80. The van der Waals surface area contributed by atoms with Crippen LogP contribution in [0.25, 0.3) is 0 Å². The molecule has 0 radical (unpaired) electrons. The van der Waals surface area contributed by atoms with Crippen molar-refractivity contribution in [3.63, 3.8) is 0 Å². The fourth-order valence-electron chi connectivity index (χ4n) is 3.37. The van der Waals surface area contributed by atoms with Crippen LogP contribution in [0.1, 0.15) is 78.4 Å². The van der Waals surface area contributed by atoms with E-state index in [1.807, 2.05) is 59.7 Å². The number of nitrogens with zero attached hydrogens (tertiary/aromatic N) is 1. The Morgan fingerprint density at radius 2 is 1.60 bits per heavy atom. The molecule has 1 aliphatic rings. The summed E-state index contributed by atoms with van der Waals surface area (Å²) in [6, 6.07) is 5.77. The van der Waals surface area contributed by atoms with E-state index < -0.39 is 17.3 Å². The maximum absolute atomic E-state index is 12.3. The molecule has 0 bridgehead atoms. The molecule has 1 aromatic carbocycles. The maximum Gasteiger partial charge on any atom is 0.412 e. The summed E-state index contributed by atoms with van der Waals surface area (Å²) >= 11 is 0. The number of piperidine rings is 1. The van der Waals surface area contributed by atoms with Crippen molar-refractivity contribution < 1.29 is 19.1 Å². The number of anilines is 1. The zero-order valence-electron chi connectivity index (χ0n) is 19.2. The molecule has 1 aliphatic heterocycles. The van der Waals surface area contributed by atoms with E-state index >= 15 is 0 Å². The lowest BCUT2D eigenvalue weighted by molar-refractivity contribution is 0.0204. The first-order valence-electron chi connectivity index (χ1n) is 10.4. The molecule has 2 amide bonds. The van der Waals surface area contributed by atoms with Crippen LogP contribution < -0.4 is 5.32 Å². The summed E-state index contributed by atoms with van der Waals surface area (Å²) in [5, 5.41) is 10.9. The summed E-state index contributed by atoms with van der Waals surface area (Å²) in [6.07, 6.45) is 0.848. The number of carbonyl (C=O) groups excluding carboxylic acids is 2. The third-order valence-electron chi connectivity index (χ3n) is 4.70. The molecular weight excluding hydrogens is 382 g/mol. The van der Waals surface area contributed by atoms with Crippen LogP contribution in [0.2, 0.25) is 0 Å². The summed E-state index contributed by atoms with van der Waals surface area (Å²) < 4.78 is 10.8. The van der Waals surface area contributed by atoms with Crippen LogP contribution in [-0.2, 0) is 9.47 Å². The van der Waals surface area contributed by atoms with Gasteiger partial charge >= 0.3 is 12.2 Å². The second kappa shape index (κ2) is 9.06. The molecule has 1 heterocycles. The van der Waals surface area contributed by atoms with Crippen LogP contribution in [0.15, 0.2) is 18.2 Å². The third-order valence-corrected chi connectivity index (χ3v) is 4.70. The first-order valence-corrected chi connectivity index (χ1v) is 10.4. The van der Waals surface area contributed by atoms with Crippen molar-refractivity contribution in [2.75, 3.05) is 18.4 Å². The van der Waals surface area contributed by atoms with Crippen molar-refractivity contribution in [2.45, 2.75) is 78.4 Å². The van der Waals surface area contributed by atoms with Crippen LogP contribution in [0.4, 0.5) is 15.3 Å². The Morgan fingerprint density at radius 3 is 2.10 bits per heavy atom. The Balaban J connectivity index is 2.07. The lowest BCUT2D eigenvalue weighted by Gasteiger charge is -2.33. The number of benzene rings is 1. The number of amides is 2. The summed E-state index contributed by atoms with van der Waals surface area (Å²) in [5.74, 6) is 0.289. The van der Waals surface area contributed by atoms with Gasteiger partial charge in [-0.15, -0.1) is 0 Å². The van der Waals surface area contributed by atoms with Crippen molar-refractivity contribution in [2.24, 2.45) is 0 Å². The van der Waals surface area contributed by atoms with Crippen LogP contribution >= 0.6 is 0 Å². The Morgan fingerprint density at radius 1 is 1.03 bits per heavy atom. The minimum absolute atomic E-state index is 0.270. The van der Waals surface area contributed by atoms with Crippen molar-refractivity contribution in [1.82, 2.24) is 4.90 Å². The van der Waals surface area contributed by atoms with Crippen molar-refractivity contribution in [1.29, 1.82) is 5.41 Å². The van der Waals surface area contributed by atoms with Gasteiger partial charge in [-0.3, -0.25) is 5.32 Å². The molecular formula is C23H35N3O4. The molecule has 0 aromatic heterocycles. The van der Waals surface area contributed by atoms with Gasteiger partial charge in [0.05, 0.1) is 5.69 Å². The first-order chi connectivity index (χ1) is 13.7. The monoisotopic (exact) mass is 417 g/mol.